The summed E-state index contributed by atoms with van der Waals surface area (Å²) in [7, 11) is 0. The minimum atomic E-state index is -0.290. The van der Waals surface area contributed by atoms with Crippen molar-refractivity contribution in [1.82, 2.24) is 5.32 Å². The maximum atomic E-state index is 9.12. The minimum Gasteiger partial charge on any atom is -0.396 e. The van der Waals surface area contributed by atoms with Gasteiger partial charge in [-0.3, -0.25) is 0 Å². The molecule has 0 heterocycles. The van der Waals surface area contributed by atoms with Gasteiger partial charge in [-0.2, -0.15) is 0 Å². The van der Waals surface area contributed by atoms with Crippen LogP contribution in [0.1, 0.15) is 32.6 Å². The molecule has 0 spiro atoms. The number of hydrogen-bond acceptors (Lipinski definition) is 3. The molecule has 0 saturated heterocycles. The first-order chi connectivity index (χ1) is 6.24. The Balaban J connectivity index is 2.27. The molecule has 0 amide bonds. The van der Waals surface area contributed by atoms with Gasteiger partial charge in [0, 0.05) is 19.2 Å². The Morgan fingerprint density at radius 2 is 2.08 bits per heavy atom. The molecule has 1 saturated carbocycles. The monoisotopic (exact) mass is 187 g/mol. The molecule has 13 heavy (non-hydrogen) atoms. The number of rotatable bonds is 4. The van der Waals surface area contributed by atoms with E-state index in [9.17, 15) is 0 Å². The molecule has 3 N–H and O–H groups in total. The molecule has 1 aliphatic rings. The Hall–Kier alpha value is -0.120. The van der Waals surface area contributed by atoms with Crippen molar-refractivity contribution in [2.75, 3.05) is 13.2 Å². The molecule has 0 aliphatic heterocycles. The molecule has 0 bridgehead atoms. The molecule has 1 aliphatic carbocycles. The maximum Gasteiger partial charge on any atom is 0.0636 e. The molecule has 3 unspecified atom stereocenters. The van der Waals surface area contributed by atoms with E-state index in [1.807, 2.05) is 0 Å². The van der Waals surface area contributed by atoms with Crippen LogP contribution in [0.25, 0.3) is 0 Å². The lowest BCUT2D eigenvalue weighted by Crippen LogP contribution is -2.42. The van der Waals surface area contributed by atoms with E-state index in [0.29, 0.717) is 18.5 Å². The minimum absolute atomic E-state index is 0.275. The van der Waals surface area contributed by atoms with E-state index in [0.717, 1.165) is 12.8 Å². The smallest absolute Gasteiger partial charge is 0.0636 e. The molecule has 0 aromatic carbocycles. The maximum absolute atomic E-state index is 9.12. The predicted molar refractivity (Wildman–Crippen MR) is 52.5 cm³/mol. The highest BCUT2D eigenvalue weighted by Crippen LogP contribution is 2.23. The summed E-state index contributed by atoms with van der Waals surface area (Å²) in [5, 5.41) is 21.6. The fourth-order valence-corrected chi connectivity index (χ4v) is 2.02. The molecule has 3 nitrogen and oxygen atoms in total. The number of aliphatic hydroxyl groups is 2. The van der Waals surface area contributed by atoms with Crippen molar-refractivity contribution in [2.45, 2.75) is 44.8 Å². The van der Waals surface area contributed by atoms with Crippen LogP contribution in [-0.2, 0) is 0 Å². The fraction of sp³-hybridized carbons (Fsp3) is 1.00. The second-order valence-electron chi connectivity index (χ2n) is 4.09. The van der Waals surface area contributed by atoms with Crippen molar-refractivity contribution in [2.24, 2.45) is 5.92 Å². The van der Waals surface area contributed by atoms with Gasteiger partial charge in [-0.25, -0.2) is 0 Å². The number of nitrogens with one attached hydrogen (secondary N) is 1. The Bertz CT molecular complexity index is 139. The molecule has 1 fully saturated rings. The zero-order chi connectivity index (χ0) is 9.68. The van der Waals surface area contributed by atoms with Crippen LogP contribution < -0.4 is 5.32 Å². The Morgan fingerprint density at radius 3 is 2.69 bits per heavy atom. The van der Waals surface area contributed by atoms with Gasteiger partial charge < -0.3 is 15.5 Å². The fourth-order valence-electron chi connectivity index (χ4n) is 2.02. The zero-order valence-corrected chi connectivity index (χ0v) is 8.37. The van der Waals surface area contributed by atoms with Crippen LogP contribution in [0.15, 0.2) is 0 Å². The summed E-state index contributed by atoms with van der Waals surface area (Å²) in [5.41, 5.74) is 0. The van der Waals surface area contributed by atoms with Gasteiger partial charge in [-0.05, 0) is 25.7 Å². The average Bonchev–Trinajstić information content (AvgIpc) is 2.15. The summed E-state index contributed by atoms with van der Waals surface area (Å²) in [6.45, 7) is 2.70. The molecule has 0 radical (unpaired) electrons. The Labute approximate surface area is 80.2 Å². The molecule has 78 valence electrons. The lowest BCUT2D eigenvalue weighted by molar-refractivity contribution is 0.133. The second kappa shape index (κ2) is 5.58. The molecular formula is C10H21NO2. The first-order valence-corrected chi connectivity index (χ1v) is 5.26. The van der Waals surface area contributed by atoms with Gasteiger partial charge in [-0.15, -0.1) is 0 Å². The highest BCUT2D eigenvalue weighted by atomic mass is 16.3. The normalized spacial score (nSPS) is 31.6. The summed E-state index contributed by atoms with van der Waals surface area (Å²) in [4.78, 5) is 0. The zero-order valence-electron chi connectivity index (χ0n) is 8.37. The van der Waals surface area contributed by atoms with Crippen molar-refractivity contribution in [3.63, 3.8) is 0 Å². The molecular weight excluding hydrogens is 166 g/mol. The average molecular weight is 187 g/mol. The summed E-state index contributed by atoms with van der Waals surface area (Å²) >= 11 is 0. The third-order valence-corrected chi connectivity index (χ3v) is 2.82. The third-order valence-electron chi connectivity index (χ3n) is 2.82. The predicted octanol–water partition coefficient (Wildman–Crippen LogP) is 0.508. The lowest BCUT2D eigenvalue weighted by atomic mass is 9.85. The summed E-state index contributed by atoms with van der Waals surface area (Å²) in [6, 6.07) is 0.411. The Kier molecular flexibility index (Phi) is 4.70. The highest BCUT2D eigenvalue weighted by molar-refractivity contribution is 4.80. The van der Waals surface area contributed by atoms with Gasteiger partial charge in [0.15, 0.2) is 0 Å². The van der Waals surface area contributed by atoms with Gasteiger partial charge >= 0.3 is 0 Å². The summed E-state index contributed by atoms with van der Waals surface area (Å²) in [6.07, 6.45) is 4.44. The first-order valence-electron chi connectivity index (χ1n) is 5.26. The van der Waals surface area contributed by atoms with Gasteiger partial charge in [0.2, 0.25) is 0 Å². The van der Waals surface area contributed by atoms with E-state index < -0.39 is 0 Å². The van der Waals surface area contributed by atoms with E-state index >= 15 is 0 Å². The SMILES string of the molecule is CC(O)CNC1CCCCC1CO. The van der Waals surface area contributed by atoms with Crippen molar-refractivity contribution in [3.05, 3.63) is 0 Å². The van der Waals surface area contributed by atoms with Crippen LogP contribution in [0, 0.1) is 5.92 Å². The first kappa shape index (κ1) is 11.0. The molecule has 0 aromatic rings. The lowest BCUT2D eigenvalue weighted by Gasteiger charge is -2.31. The third kappa shape index (κ3) is 3.63. The van der Waals surface area contributed by atoms with E-state index in [2.05, 4.69) is 5.32 Å². The largest absolute Gasteiger partial charge is 0.396 e. The molecule has 1 rings (SSSR count). The standard InChI is InChI=1S/C10H21NO2/c1-8(13)6-11-10-5-3-2-4-9(10)7-12/h8-13H,2-7H2,1H3. The van der Waals surface area contributed by atoms with E-state index in [-0.39, 0.29) is 12.7 Å². The quantitative estimate of drug-likeness (QED) is 0.601. The van der Waals surface area contributed by atoms with Gasteiger partial charge in [0.05, 0.1) is 6.10 Å². The van der Waals surface area contributed by atoms with Gasteiger partial charge in [0.25, 0.3) is 0 Å². The van der Waals surface area contributed by atoms with Crippen molar-refractivity contribution >= 4 is 0 Å². The van der Waals surface area contributed by atoms with E-state index in [1.54, 1.807) is 6.92 Å². The number of aliphatic hydroxyl groups excluding tert-OH is 2. The highest BCUT2D eigenvalue weighted by Gasteiger charge is 2.23. The second-order valence-corrected chi connectivity index (χ2v) is 4.09. The van der Waals surface area contributed by atoms with E-state index in [1.165, 1.54) is 12.8 Å². The molecule has 3 heteroatoms. The van der Waals surface area contributed by atoms with Crippen LogP contribution in [0.5, 0.6) is 0 Å². The van der Waals surface area contributed by atoms with Crippen molar-refractivity contribution in [3.8, 4) is 0 Å². The topological polar surface area (TPSA) is 52.5 Å². The van der Waals surface area contributed by atoms with Gasteiger partial charge in [0.1, 0.15) is 0 Å². The Morgan fingerprint density at radius 1 is 1.38 bits per heavy atom. The summed E-state index contributed by atoms with van der Waals surface area (Å²) < 4.78 is 0. The van der Waals surface area contributed by atoms with Crippen LogP contribution in [0.4, 0.5) is 0 Å². The van der Waals surface area contributed by atoms with Crippen molar-refractivity contribution in [1.29, 1.82) is 0 Å². The summed E-state index contributed by atoms with van der Waals surface area (Å²) in [5.74, 6) is 0.396. The van der Waals surface area contributed by atoms with Crippen LogP contribution in [-0.4, -0.2) is 35.5 Å². The van der Waals surface area contributed by atoms with Crippen LogP contribution in [0.2, 0.25) is 0 Å². The van der Waals surface area contributed by atoms with Crippen molar-refractivity contribution < 1.29 is 10.2 Å². The van der Waals surface area contributed by atoms with E-state index in [4.69, 9.17) is 10.2 Å². The van der Waals surface area contributed by atoms with Crippen LogP contribution >= 0.6 is 0 Å². The molecule has 0 aromatic heterocycles. The molecule has 3 atom stereocenters. The number of hydrogen-bond donors (Lipinski definition) is 3. The van der Waals surface area contributed by atoms with Gasteiger partial charge in [-0.1, -0.05) is 12.8 Å². The van der Waals surface area contributed by atoms with Crippen LogP contribution in [0.3, 0.4) is 0 Å².